The highest BCUT2D eigenvalue weighted by Gasteiger charge is 2.28. The topological polar surface area (TPSA) is 89.2 Å². The molecule has 3 N–H and O–H groups in total. The molecule has 2 aliphatic rings. The van der Waals surface area contributed by atoms with Crippen LogP contribution in [0.1, 0.15) is 34.5 Å². The fraction of sp³-hybridized carbons (Fsp3) is 0.267. The van der Waals surface area contributed by atoms with Crippen LogP contribution in [0.4, 0.5) is 8.78 Å². The number of nitrogens with zero attached hydrogens (tertiary/aromatic N) is 3. The maximum absolute atomic E-state index is 14.6. The Balaban J connectivity index is 1.39. The van der Waals surface area contributed by atoms with Crippen LogP contribution in [0.2, 0.25) is 0 Å². The predicted molar refractivity (Wildman–Crippen MR) is 145 cm³/mol. The molecular formula is C30H27F2N5O2. The highest BCUT2D eigenvalue weighted by atomic mass is 19.1. The smallest absolute Gasteiger partial charge is 0.254 e. The normalized spacial score (nSPS) is 17.1. The van der Waals surface area contributed by atoms with Gasteiger partial charge in [-0.15, -0.1) is 0 Å². The number of fused-ring (bicyclic) bond motifs is 1. The van der Waals surface area contributed by atoms with E-state index in [0.29, 0.717) is 42.9 Å². The van der Waals surface area contributed by atoms with Crippen LogP contribution < -0.4 is 10.5 Å². The maximum atomic E-state index is 14.6. The summed E-state index contributed by atoms with van der Waals surface area (Å²) < 4.78 is 36.9. The van der Waals surface area contributed by atoms with Crippen LogP contribution in [-0.2, 0) is 13.0 Å². The lowest BCUT2D eigenvalue weighted by atomic mass is 10.0. The van der Waals surface area contributed by atoms with E-state index in [-0.39, 0.29) is 30.0 Å². The van der Waals surface area contributed by atoms with E-state index in [1.54, 1.807) is 18.3 Å². The van der Waals surface area contributed by atoms with E-state index < -0.39 is 5.82 Å². The lowest BCUT2D eigenvalue weighted by molar-refractivity contribution is 0.0708. The van der Waals surface area contributed by atoms with Crippen molar-refractivity contribution in [3.8, 4) is 17.1 Å². The zero-order chi connectivity index (χ0) is 26.7. The van der Waals surface area contributed by atoms with Crippen molar-refractivity contribution in [1.82, 2.24) is 19.4 Å². The van der Waals surface area contributed by atoms with Crippen molar-refractivity contribution in [1.29, 1.82) is 0 Å². The maximum Gasteiger partial charge on any atom is 0.254 e. The number of aromatic amines is 1. The molecule has 9 heteroatoms. The number of halogens is 2. The monoisotopic (exact) mass is 527 g/mol. The van der Waals surface area contributed by atoms with E-state index in [1.807, 2.05) is 27.7 Å². The Morgan fingerprint density at radius 1 is 1.18 bits per heavy atom. The van der Waals surface area contributed by atoms with Gasteiger partial charge in [-0.05, 0) is 66.9 Å². The summed E-state index contributed by atoms with van der Waals surface area (Å²) in [5.74, 6) is -0.198. The second-order valence-corrected chi connectivity index (χ2v) is 10.4. The molecule has 0 spiro atoms. The number of ether oxygens (including phenoxy) is 1. The second kappa shape index (κ2) is 9.20. The summed E-state index contributed by atoms with van der Waals surface area (Å²) in [6.45, 7) is 1.81. The molecule has 1 saturated heterocycles. The van der Waals surface area contributed by atoms with Gasteiger partial charge < -0.3 is 24.9 Å². The van der Waals surface area contributed by atoms with E-state index in [9.17, 15) is 13.6 Å². The molecule has 2 aliphatic heterocycles. The number of amides is 1. The third kappa shape index (κ3) is 4.04. The quantitative estimate of drug-likeness (QED) is 0.344. The first-order valence-corrected chi connectivity index (χ1v) is 13.2. The van der Waals surface area contributed by atoms with Gasteiger partial charge in [0.05, 0.1) is 41.3 Å². The molecule has 1 fully saturated rings. The van der Waals surface area contributed by atoms with Crippen molar-refractivity contribution in [2.75, 3.05) is 19.7 Å². The first kappa shape index (κ1) is 23.8. The number of rotatable bonds is 4. The molecule has 3 aromatic heterocycles. The van der Waals surface area contributed by atoms with Crippen LogP contribution in [0.3, 0.4) is 0 Å². The number of hydrogen-bond donors (Lipinski definition) is 2. The molecule has 7 rings (SSSR count). The fourth-order valence-corrected chi connectivity index (χ4v) is 6.00. The van der Waals surface area contributed by atoms with Crippen molar-refractivity contribution in [2.24, 2.45) is 5.73 Å². The number of pyridine rings is 1. The van der Waals surface area contributed by atoms with Gasteiger partial charge in [-0.3, -0.25) is 9.78 Å². The van der Waals surface area contributed by atoms with Gasteiger partial charge in [-0.1, -0.05) is 0 Å². The third-order valence-electron chi connectivity index (χ3n) is 7.83. The van der Waals surface area contributed by atoms with Crippen molar-refractivity contribution >= 4 is 27.7 Å². The summed E-state index contributed by atoms with van der Waals surface area (Å²) in [6, 6.07) is 13.2. The van der Waals surface area contributed by atoms with Gasteiger partial charge in [-0.25, -0.2) is 8.78 Å². The van der Waals surface area contributed by atoms with E-state index in [4.69, 9.17) is 10.5 Å². The molecule has 0 unspecified atom stereocenters. The molecule has 5 aromatic rings. The molecule has 0 radical (unpaired) electrons. The molecular weight excluding hydrogens is 500 g/mol. The van der Waals surface area contributed by atoms with Crippen molar-refractivity contribution in [3.63, 3.8) is 0 Å². The predicted octanol–water partition coefficient (Wildman–Crippen LogP) is 5.01. The number of nitrogens with two attached hydrogens (primary N) is 1. The van der Waals surface area contributed by atoms with Gasteiger partial charge in [0.1, 0.15) is 17.4 Å². The zero-order valence-corrected chi connectivity index (χ0v) is 21.2. The number of likely N-dealkylation sites (tertiary alicyclic amines) is 1. The summed E-state index contributed by atoms with van der Waals surface area (Å²) in [5.41, 5.74) is 11.0. The fourth-order valence-electron chi connectivity index (χ4n) is 6.00. The third-order valence-corrected chi connectivity index (χ3v) is 7.83. The highest BCUT2D eigenvalue weighted by molar-refractivity contribution is 6.03. The number of carbonyl (C=O) groups excluding carboxylic acids is 1. The SMILES string of the molecule is N[C@@H]1CCCN(C(=O)c2cc3c4c(c(-c5cc6ccc(F)cc6n5Cc5ncccc5F)[nH]c4c2)CCO3)C1. The minimum absolute atomic E-state index is 0.0135. The number of hydrogen-bond acceptors (Lipinski definition) is 4. The van der Waals surface area contributed by atoms with E-state index in [1.165, 1.54) is 18.2 Å². The van der Waals surface area contributed by atoms with Crippen LogP contribution in [0.15, 0.2) is 54.7 Å². The zero-order valence-electron chi connectivity index (χ0n) is 21.2. The molecule has 198 valence electrons. The number of benzene rings is 2. The summed E-state index contributed by atoms with van der Waals surface area (Å²) >= 11 is 0. The van der Waals surface area contributed by atoms with Gasteiger partial charge >= 0.3 is 0 Å². The van der Waals surface area contributed by atoms with Crippen LogP contribution in [0.5, 0.6) is 5.75 Å². The summed E-state index contributed by atoms with van der Waals surface area (Å²) in [5, 5.41) is 1.76. The number of H-pyrrole nitrogens is 1. The van der Waals surface area contributed by atoms with Crippen LogP contribution in [-0.4, -0.2) is 51.1 Å². The standard InChI is InChI=1S/C30H27F2N5O2/c31-19-6-5-17-12-26(37(25(17)14-19)16-24-22(32)4-1-8-34-24)29-21-7-10-39-27-13-18(11-23(35-29)28(21)27)30(38)36-9-2-3-20(33)15-36/h1,4-6,8,11-14,20,35H,2-3,7,9-10,15-16,33H2/t20-/m1/s1. The molecule has 7 nitrogen and oxygen atoms in total. The molecule has 5 heterocycles. The Morgan fingerprint density at radius 3 is 2.92 bits per heavy atom. The summed E-state index contributed by atoms with van der Waals surface area (Å²) in [4.78, 5) is 23.0. The average molecular weight is 528 g/mol. The minimum Gasteiger partial charge on any atom is -0.493 e. The van der Waals surface area contributed by atoms with Crippen molar-refractivity contribution < 1.29 is 18.3 Å². The first-order valence-electron chi connectivity index (χ1n) is 13.2. The van der Waals surface area contributed by atoms with Crippen LogP contribution in [0, 0.1) is 11.6 Å². The Labute approximate surface area is 223 Å². The second-order valence-electron chi connectivity index (χ2n) is 10.4. The van der Waals surface area contributed by atoms with Crippen molar-refractivity contribution in [3.05, 3.63) is 83.2 Å². The van der Waals surface area contributed by atoms with Gasteiger partial charge in [0.15, 0.2) is 0 Å². The molecule has 1 atom stereocenters. The number of nitrogens with one attached hydrogen (secondary N) is 1. The Hall–Kier alpha value is -4.24. The number of aromatic nitrogens is 3. The van der Waals surface area contributed by atoms with Gasteiger partial charge in [0, 0.05) is 48.1 Å². The molecule has 0 bridgehead atoms. The van der Waals surface area contributed by atoms with Crippen LogP contribution in [0.25, 0.3) is 33.2 Å². The first-order chi connectivity index (χ1) is 19.0. The highest BCUT2D eigenvalue weighted by Crippen LogP contribution is 2.41. The van der Waals surface area contributed by atoms with Crippen molar-refractivity contribution in [2.45, 2.75) is 31.8 Å². The van der Waals surface area contributed by atoms with E-state index in [2.05, 4.69) is 9.97 Å². The summed E-state index contributed by atoms with van der Waals surface area (Å²) in [7, 11) is 0. The Kier molecular flexibility index (Phi) is 5.62. The minimum atomic E-state index is -0.420. The Morgan fingerprint density at radius 2 is 2.08 bits per heavy atom. The Bertz CT molecular complexity index is 1760. The van der Waals surface area contributed by atoms with E-state index in [0.717, 1.165) is 46.1 Å². The average Bonchev–Trinajstić information content (AvgIpc) is 3.48. The number of piperidine rings is 1. The molecule has 0 aliphatic carbocycles. The van der Waals surface area contributed by atoms with Gasteiger partial charge in [-0.2, -0.15) is 0 Å². The van der Waals surface area contributed by atoms with Gasteiger partial charge in [0.2, 0.25) is 0 Å². The molecule has 1 amide bonds. The lowest BCUT2D eigenvalue weighted by Gasteiger charge is -2.31. The molecule has 2 aromatic carbocycles. The largest absolute Gasteiger partial charge is 0.493 e. The summed E-state index contributed by atoms with van der Waals surface area (Å²) in [6.07, 6.45) is 4.01. The lowest BCUT2D eigenvalue weighted by Crippen LogP contribution is -2.45. The van der Waals surface area contributed by atoms with Gasteiger partial charge in [0.25, 0.3) is 5.91 Å². The van der Waals surface area contributed by atoms with E-state index >= 15 is 0 Å². The molecule has 39 heavy (non-hydrogen) atoms. The van der Waals surface area contributed by atoms with Crippen LogP contribution >= 0.6 is 0 Å². The molecule has 0 saturated carbocycles. The number of carbonyl (C=O) groups is 1.